The molecule has 2 saturated heterocycles. The van der Waals surface area contributed by atoms with E-state index in [9.17, 15) is 14.7 Å². The lowest BCUT2D eigenvalue weighted by atomic mass is 9.94. The Morgan fingerprint density at radius 1 is 0.865 bits per heavy atom. The Morgan fingerprint density at radius 2 is 1.54 bits per heavy atom. The van der Waals surface area contributed by atoms with E-state index in [1.54, 1.807) is 17.0 Å². The molecule has 0 saturated carbocycles. The molecule has 2 fully saturated rings. The second kappa shape index (κ2) is 11.7. The van der Waals surface area contributed by atoms with Crippen molar-refractivity contribution in [1.82, 2.24) is 4.90 Å². The summed E-state index contributed by atoms with van der Waals surface area (Å²) >= 11 is 0. The van der Waals surface area contributed by atoms with Crippen LogP contribution >= 0.6 is 0 Å². The second-order valence-electron chi connectivity index (χ2n) is 9.65. The third-order valence-electron chi connectivity index (χ3n) is 6.95. The fourth-order valence-corrected chi connectivity index (χ4v) is 5.12. The van der Waals surface area contributed by atoms with Crippen LogP contribution in [0.25, 0.3) is 11.1 Å². The molecular formula is C30H32N2O5. The highest BCUT2D eigenvalue weighted by Crippen LogP contribution is 2.29. The van der Waals surface area contributed by atoms with E-state index < -0.39 is 6.10 Å². The average Bonchev–Trinajstić information content (AvgIpc) is 2.92. The van der Waals surface area contributed by atoms with Crippen molar-refractivity contribution in [2.75, 3.05) is 25.1 Å². The molecule has 7 heteroatoms. The van der Waals surface area contributed by atoms with Crippen molar-refractivity contribution in [1.29, 1.82) is 0 Å². The van der Waals surface area contributed by atoms with Gasteiger partial charge in [-0.25, -0.2) is 0 Å². The molecule has 2 aliphatic rings. The van der Waals surface area contributed by atoms with E-state index in [1.807, 2.05) is 60.7 Å². The molecule has 5 rings (SSSR count). The molecular weight excluding hydrogens is 468 g/mol. The summed E-state index contributed by atoms with van der Waals surface area (Å²) in [6, 6.07) is 26.7. The predicted molar refractivity (Wildman–Crippen MR) is 141 cm³/mol. The Bertz CT molecular complexity index is 1190. The maximum absolute atomic E-state index is 13.3. The van der Waals surface area contributed by atoms with Crippen LogP contribution in [0.1, 0.15) is 29.6 Å². The number of aliphatic hydroxyl groups is 1. The highest BCUT2D eigenvalue weighted by Gasteiger charge is 2.40. The van der Waals surface area contributed by atoms with E-state index in [-0.39, 0.29) is 56.2 Å². The lowest BCUT2D eigenvalue weighted by Gasteiger charge is -2.44. The minimum absolute atomic E-state index is 0.115. The highest BCUT2D eigenvalue weighted by molar-refractivity contribution is 5.94. The maximum Gasteiger partial charge on any atom is 0.254 e. The number of carbonyl (C=O) groups is 2. The van der Waals surface area contributed by atoms with Crippen molar-refractivity contribution in [3.63, 3.8) is 0 Å². The molecule has 2 amide bonds. The first-order chi connectivity index (χ1) is 18.1. The fraction of sp³-hybridized carbons (Fsp3) is 0.333. The number of nitrogens with zero attached hydrogens (tertiary/aromatic N) is 1. The van der Waals surface area contributed by atoms with Gasteiger partial charge in [0, 0.05) is 17.8 Å². The molecule has 0 spiro atoms. The van der Waals surface area contributed by atoms with E-state index in [0.717, 1.165) is 16.8 Å². The number of hydrogen-bond acceptors (Lipinski definition) is 5. The van der Waals surface area contributed by atoms with Gasteiger partial charge in [-0.2, -0.15) is 0 Å². The molecule has 0 aromatic heterocycles. The summed E-state index contributed by atoms with van der Waals surface area (Å²) in [5.74, 6) is -0.245. The number of nitrogens with one attached hydrogen (secondary N) is 1. The van der Waals surface area contributed by atoms with Crippen molar-refractivity contribution >= 4 is 17.5 Å². The molecule has 0 bridgehead atoms. The topological polar surface area (TPSA) is 88.1 Å². The summed E-state index contributed by atoms with van der Waals surface area (Å²) in [5.41, 5.74) is 3.53. The zero-order valence-electron chi connectivity index (χ0n) is 20.7. The summed E-state index contributed by atoms with van der Waals surface area (Å²) in [6.45, 7) is 0.580. The van der Waals surface area contributed by atoms with E-state index >= 15 is 0 Å². The van der Waals surface area contributed by atoms with Crippen LogP contribution in [-0.4, -0.2) is 65.9 Å². The number of ether oxygens (including phenoxy) is 2. The van der Waals surface area contributed by atoms with Gasteiger partial charge in [0.25, 0.3) is 5.91 Å². The second-order valence-corrected chi connectivity index (χ2v) is 9.65. The minimum atomic E-state index is -0.759. The first-order valence-electron chi connectivity index (χ1n) is 12.8. The molecule has 2 N–H and O–H groups in total. The minimum Gasteiger partial charge on any atom is -0.389 e. The van der Waals surface area contributed by atoms with E-state index in [2.05, 4.69) is 17.4 Å². The Balaban J connectivity index is 1.20. The van der Waals surface area contributed by atoms with E-state index in [1.165, 1.54) is 0 Å². The first-order valence-corrected chi connectivity index (χ1v) is 12.8. The molecule has 192 valence electrons. The van der Waals surface area contributed by atoms with Crippen LogP contribution in [0.5, 0.6) is 0 Å². The van der Waals surface area contributed by atoms with Crippen LogP contribution < -0.4 is 5.32 Å². The van der Waals surface area contributed by atoms with Gasteiger partial charge in [-0.1, -0.05) is 60.7 Å². The molecule has 0 unspecified atom stereocenters. The summed E-state index contributed by atoms with van der Waals surface area (Å²) in [7, 11) is 0. The lowest BCUT2D eigenvalue weighted by Crippen LogP contribution is -2.57. The third-order valence-corrected chi connectivity index (χ3v) is 6.95. The SMILES string of the molecule is O=C(C[C@H]1CC[C@@H]2[C@H](COC[C@H](O)CN2C(=O)c2ccccc2)O1)Nc1ccc(-c2ccccc2)cc1. The molecule has 4 atom stereocenters. The number of anilines is 1. The van der Waals surface area contributed by atoms with Gasteiger partial charge in [-0.15, -0.1) is 0 Å². The largest absolute Gasteiger partial charge is 0.389 e. The summed E-state index contributed by atoms with van der Waals surface area (Å²) < 4.78 is 12.0. The number of carbonyl (C=O) groups excluding carboxylic acids is 2. The first kappa shape index (κ1) is 25.1. The van der Waals surface area contributed by atoms with Crippen LogP contribution in [-0.2, 0) is 14.3 Å². The van der Waals surface area contributed by atoms with Gasteiger partial charge < -0.3 is 24.8 Å². The van der Waals surface area contributed by atoms with Crippen molar-refractivity contribution < 1.29 is 24.2 Å². The number of amides is 2. The quantitative estimate of drug-likeness (QED) is 0.550. The summed E-state index contributed by atoms with van der Waals surface area (Å²) in [5, 5.41) is 13.3. The van der Waals surface area contributed by atoms with E-state index in [0.29, 0.717) is 18.4 Å². The average molecular weight is 501 g/mol. The van der Waals surface area contributed by atoms with Crippen LogP contribution in [0, 0.1) is 0 Å². The van der Waals surface area contributed by atoms with Gasteiger partial charge >= 0.3 is 0 Å². The van der Waals surface area contributed by atoms with Crippen molar-refractivity contribution in [3.05, 3.63) is 90.5 Å². The number of benzene rings is 3. The molecule has 7 nitrogen and oxygen atoms in total. The van der Waals surface area contributed by atoms with Crippen LogP contribution in [0.15, 0.2) is 84.9 Å². The van der Waals surface area contributed by atoms with Gasteiger partial charge in [0.1, 0.15) is 6.10 Å². The Morgan fingerprint density at radius 3 is 2.27 bits per heavy atom. The molecule has 37 heavy (non-hydrogen) atoms. The molecule has 0 aliphatic carbocycles. The highest BCUT2D eigenvalue weighted by atomic mass is 16.5. The fourth-order valence-electron chi connectivity index (χ4n) is 5.12. The zero-order chi connectivity index (χ0) is 25.6. The van der Waals surface area contributed by atoms with Gasteiger partial charge in [0.15, 0.2) is 0 Å². The Hall–Kier alpha value is -3.52. The van der Waals surface area contributed by atoms with Gasteiger partial charge in [0.2, 0.25) is 5.91 Å². The number of β-amino-alcohol motifs (C(OH)–C–C–N with tert-alkyl or cyclic N) is 1. The van der Waals surface area contributed by atoms with Gasteiger partial charge in [0.05, 0.1) is 37.9 Å². The summed E-state index contributed by atoms with van der Waals surface area (Å²) in [4.78, 5) is 27.8. The maximum atomic E-state index is 13.3. The van der Waals surface area contributed by atoms with Crippen molar-refractivity contribution in [2.45, 2.75) is 43.6 Å². The monoisotopic (exact) mass is 500 g/mol. The molecule has 2 aliphatic heterocycles. The molecule has 3 aromatic carbocycles. The number of fused-ring (bicyclic) bond motifs is 1. The molecule has 2 heterocycles. The smallest absolute Gasteiger partial charge is 0.254 e. The number of rotatable bonds is 5. The Labute approximate surface area is 217 Å². The van der Waals surface area contributed by atoms with Gasteiger partial charge in [-0.3, -0.25) is 9.59 Å². The van der Waals surface area contributed by atoms with Crippen LogP contribution in [0.4, 0.5) is 5.69 Å². The van der Waals surface area contributed by atoms with Gasteiger partial charge in [-0.05, 0) is 48.2 Å². The predicted octanol–water partition coefficient (Wildman–Crippen LogP) is 4.13. The Kier molecular flexibility index (Phi) is 7.94. The molecule has 3 aromatic rings. The standard InChI is InChI=1S/C30H32N2O5/c33-25-18-32(30(35)23-9-5-2-6-10-23)27-16-15-26(37-28(27)20-36-19-25)17-29(34)31-24-13-11-22(12-14-24)21-7-3-1-4-8-21/h1-14,25-28,33H,15-20H2,(H,31,34)/t25-,26-,27-,28+/m1/s1. The third kappa shape index (κ3) is 6.25. The molecule has 0 radical (unpaired) electrons. The summed E-state index contributed by atoms with van der Waals surface area (Å²) in [6.07, 6.45) is 0.131. The van der Waals surface area contributed by atoms with E-state index in [4.69, 9.17) is 9.47 Å². The normalized spacial score (nSPS) is 23.9. The lowest BCUT2D eigenvalue weighted by molar-refractivity contribution is -0.149. The zero-order valence-corrected chi connectivity index (χ0v) is 20.7. The number of hydrogen-bond donors (Lipinski definition) is 2. The van der Waals surface area contributed by atoms with Crippen molar-refractivity contribution in [3.8, 4) is 11.1 Å². The van der Waals surface area contributed by atoms with Crippen molar-refractivity contribution in [2.24, 2.45) is 0 Å². The van der Waals surface area contributed by atoms with Crippen LogP contribution in [0.2, 0.25) is 0 Å². The number of aliphatic hydroxyl groups excluding tert-OH is 1. The van der Waals surface area contributed by atoms with Crippen LogP contribution in [0.3, 0.4) is 0 Å².